The normalized spacial score (nSPS) is 19.5. The maximum Gasteiger partial charge on any atom is 0.234 e. The van der Waals surface area contributed by atoms with Gasteiger partial charge in [-0.2, -0.15) is 0 Å². The first-order valence-corrected chi connectivity index (χ1v) is 6.93. The predicted octanol–water partition coefficient (Wildman–Crippen LogP) is 1.35. The van der Waals surface area contributed by atoms with Gasteiger partial charge in [0.05, 0.1) is 11.7 Å². The first kappa shape index (κ1) is 13.8. The van der Waals surface area contributed by atoms with E-state index in [9.17, 15) is 4.79 Å². The maximum atomic E-state index is 11.4. The number of likely N-dealkylation sites (tertiary alicyclic amines) is 1. The van der Waals surface area contributed by atoms with Gasteiger partial charge < -0.3 is 11.1 Å². The van der Waals surface area contributed by atoms with E-state index in [1.165, 1.54) is 0 Å². The van der Waals surface area contributed by atoms with Crippen LogP contribution < -0.4 is 11.1 Å². The first-order valence-electron chi connectivity index (χ1n) is 6.93. The number of hydrogen-bond donors (Lipinski definition) is 2. The van der Waals surface area contributed by atoms with Crippen molar-refractivity contribution in [1.82, 2.24) is 9.88 Å². The van der Waals surface area contributed by atoms with Gasteiger partial charge in [-0.1, -0.05) is 6.92 Å². The standard InChI is InChI=1S/C14H22N4O/c1-2-6-16-11-5-7-17-12(9-11)10-18-8-3-4-13(18)14(15)19/h5,7,9,13H,2-4,6,8,10H2,1H3,(H2,15,19)(H,16,17). The third-order valence-corrected chi connectivity index (χ3v) is 3.45. The summed E-state index contributed by atoms with van der Waals surface area (Å²) in [5, 5.41) is 3.34. The van der Waals surface area contributed by atoms with E-state index in [2.05, 4.69) is 22.1 Å². The van der Waals surface area contributed by atoms with Crippen LogP contribution in [0, 0.1) is 0 Å². The molecule has 0 saturated carbocycles. The third kappa shape index (κ3) is 3.67. The number of rotatable bonds is 6. The summed E-state index contributed by atoms with van der Waals surface area (Å²) in [6, 6.07) is 3.88. The number of nitrogens with two attached hydrogens (primary N) is 1. The quantitative estimate of drug-likeness (QED) is 0.812. The minimum atomic E-state index is -0.224. The second-order valence-electron chi connectivity index (χ2n) is 4.99. The number of hydrogen-bond acceptors (Lipinski definition) is 4. The molecule has 0 aromatic carbocycles. The highest BCUT2D eigenvalue weighted by molar-refractivity contribution is 5.80. The van der Waals surface area contributed by atoms with Crippen molar-refractivity contribution in [3.8, 4) is 0 Å². The molecule has 1 aliphatic rings. The second kappa shape index (κ2) is 6.52. The topological polar surface area (TPSA) is 71.2 Å². The van der Waals surface area contributed by atoms with E-state index in [0.29, 0.717) is 6.54 Å². The van der Waals surface area contributed by atoms with Gasteiger partial charge in [-0.3, -0.25) is 14.7 Å². The molecule has 1 amide bonds. The molecule has 1 saturated heterocycles. The number of primary amides is 1. The zero-order valence-corrected chi connectivity index (χ0v) is 11.4. The Morgan fingerprint density at radius 2 is 2.47 bits per heavy atom. The van der Waals surface area contributed by atoms with Crippen LogP contribution in [0.4, 0.5) is 5.69 Å². The number of nitrogens with one attached hydrogen (secondary N) is 1. The minimum absolute atomic E-state index is 0.131. The van der Waals surface area contributed by atoms with E-state index in [-0.39, 0.29) is 11.9 Å². The van der Waals surface area contributed by atoms with E-state index in [1.807, 2.05) is 18.3 Å². The Kier molecular flexibility index (Phi) is 4.74. The average molecular weight is 262 g/mol. The van der Waals surface area contributed by atoms with E-state index in [0.717, 1.165) is 43.7 Å². The molecule has 1 fully saturated rings. The molecule has 0 radical (unpaired) electrons. The molecule has 0 aliphatic carbocycles. The summed E-state index contributed by atoms with van der Waals surface area (Å²) in [4.78, 5) is 17.8. The van der Waals surface area contributed by atoms with Gasteiger partial charge in [0, 0.05) is 25.0 Å². The Hall–Kier alpha value is -1.62. The van der Waals surface area contributed by atoms with Crippen molar-refractivity contribution in [3.63, 3.8) is 0 Å². The van der Waals surface area contributed by atoms with Crippen molar-refractivity contribution in [2.24, 2.45) is 5.73 Å². The fourth-order valence-electron chi connectivity index (χ4n) is 2.49. The Labute approximate surface area is 114 Å². The Morgan fingerprint density at radius 1 is 1.63 bits per heavy atom. The van der Waals surface area contributed by atoms with E-state index in [1.54, 1.807) is 0 Å². The maximum absolute atomic E-state index is 11.4. The molecule has 1 unspecified atom stereocenters. The van der Waals surface area contributed by atoms with E-state index < -0.39 is 0 Å². The van der Waals surface area contributed by atoms with Gasteiger partial charge >= 0.3 is 0 Å². The monoisotopic (exact) mass is 262 g/mol. The predicted molar refractivity (Wildman–Crippen MR) is 75.6 cm³/mol. The van der Waals surface area contributed by atoms with Gasteiger partial charge in [-0.05, 0) is 37.9 Å². The summed E-state index contributed by atoms with van der Waals surface area (Å²) >= 11 is 0. The van der Waals surface area contributed by atoms with Crippen LogP contribution >= 0.6 is 0 Å². The number of anilines is 1. The first-order chi connectivity index (χ1) is 9.20. The van der Waals surface area contributed by atoms with Gasteiger partial charge in [0.1, 0.15) is 0 Å². The van der Waals surface area contributed by atoms with Crippen LogP contribution in [0.25, 0.3) is 0 Å². The number of amides is 1. The average Bonchev–Trinajstić information content (AvgIpc) is 2.85. The van der Waals surface area contributed by atoms with Crippen molar-refractivity contribution in [2.75, 3.05) is 18.4 Å². The zero-order valence-electron chi connectivity index (χ0n) is 11.4. The van der Waals surface area contributed by atoms with Crippen molar-refractivity contribution < 1.29 is 4.79 Å². The van der Waals surface area contributed by atoms with Gasteiger partial charge in [0.15, 0.2) is 0 Å². The van der Waals surface area contributed by atoms with Crippen molar-refractivity contribution >= 4 is 11.6 Å². The summed E-state index contributed by atoms with van der Waals surface area (Å²) < 4.78 is 0. The minimum Gasteiger partial charge on any atom is -0.385 e. The molecule has 2 heterocycles. The molecular formula is C14H22N4O. The highest BCUT2D eigenvalue weighted by Gasteiger charge is 2.28. The van der Waals surface area contributed by atoms with Crippen molar-refractivity contribution in [2.45, 2.75) is 38.8 Å². The molecule has 1 atom stereocenters. The van der Waals surface area contributed by atoms with Crippen LogP contribution in [0.1, 0.15) is 31.9 Å². The smallest absolute Gasteiger partial charge is 0.234 e. The summed E-state index contributed by atoms with van der Waals surface area (Å²) in [6.45, 7) is 4.70. The molecule has 1 aromatic rings. The number of aromatic nitrogens is 1. The number of pyridine rings is 1. The van der Waals surface area contributed by atoms with Crippen LogP contribution in [-0.4, -0.2) is 34.9 Å². The molecule has 1 aromatic heterocycles. The lowest BCUT2D eigenvalue weighted by molar-refractivity contribution is -0.122. The lowest BCUT2D eigenvalue weighted by atomic mass is 10.2. The fraction of sp³-hybridized carbons (Fsp3) is 0.571. The molecule has 0 spiro atoms. The number of carbonyl (C=O) groups excluding carboxylic acids is 1. The number of carbonyl (C=O) groups is 1. The molecule has 3 N–H and O–H groups in total. The summed E-state index contributed by atoms with van der Waals surface area (Å²) in [6.07, 6.45) is 4.79. The van der Waals surface area contributed by atoms with Crippen LogP contribution in [-0.2, 0) is 11.3 Å². The molecule has 1 aliphatic heterocycles. The Balaban J connectivity index is 2.00. The third-order valence-electron chi connectivity index (χ3n) is 3.45. The van der Waals surface area contributed by atoms with Crippen molar-refractivity contribution in [3.05, 3.63) is 24.0 Å². The van der Waals surface area contributed by atoms with Crippen LogP contribution in [0.15, 0.2) is 18.3 Å². The van der Waals surface area contributed by atoms with Gasteiger partial charge in [0.2, 0.25) is 5.91 Å². The molecule has 19 heavy (non-hydrogen) atoms. The second-order valence-corrected chi connectivity index (χ2v) is 4.99. The Bertz CT molecular complexity index is 435. The summed E-state index contributed by atoms with van der Waals surface area (Å²) in [5.41, 5.74) is 7.49. The lowest BCUT2D eigenvalue weighted by Crippen LogP contribution is -2.39. The van der Waals surface area contributed by atoms with Gasteiger partial charge in [-0.15, -0.1) is 0 Å². The molecule has 104 valence electrons. The number of nitrogens with zero attached hydrogens (tertiary/aromatic N) is 2. The lowest BCUT2D eigenvalue weighted by Gasteiger charge is -2.21. The fourth-order valence-corrected chi connectivity index (χ4v) is 2.49. The summed E-state index contributed by atoms with van der Waals surface area (Å²) in [5.74, 6) is -0.224. The highest BCUT2D eigenvalue weighted by Crippen LogP contribution is 2.20. The molecular weight excluding hydrogens is 240 g/mol. The molecule has 5 nitrogen and oxygen atoms in total. The van der Waals surface area contributed by atoms with Crippen LogP contribution in [0.5, 0.6) is 0 Å². The van der Waals surface area contributed by atoms with E-state index >= 15 is 0 Å². The SMILES string of the molecule is CCCNc1ccnc(CN2CCCC2C(N)=O)c1. The van der Waals surface area contributed by atoms with Gasteiger partial charge in [0.25, 0.3) is 0 Å². The molecule has 5 heteroatoms. The highest BCUT2D eigenvalue weighted by atomic mass is 16.1. The van der Waals surface area contributed by atoms with Crippen molar-refractivity contribution in [1.29, 1.82) is 0 Å². The zero-order chi connectivity index (χ0) is 13.7. The molecule has 2 rings (SSSR count). The van der Waals surface area contributed by atoms with Gasteiger partial charge in [-0.25, -0.2) is 0 Å². The van der Waals surface area contributed by atoms with Crippen LogP contribution in [0.3, 0.4) is 0 Å². The molecule has 0 bridgehead atoms. The Morgan fingerprint density at radius 3 is 3.21 bits per heavy atom. The van der Waals surface area contributed by atoms with E-state index in [4.69, 9.17) is 5.73 Å². The van der Waals surface area contributed by atoms with Crippen LogP contribution in [0.2, 0.25) is 0 Å². The largest absolute Gasteiger partial charge is 0.385 e. The summed E-state index contributed by atoms with van der Waals surface area (Å²) in [7, 11) is 0.